The lowest BCUT2D eigenvalue weighted by molar-refractivity contribution is 0.116. The highest BCUT2D eigenvalue weighted by molar-refractivity contribution is 6.31. The van der Waals surface area contributed by atoms with E-state index in [4.69, 9.17) is 16.3 Å². The molecule has 122 valence electrons. The minimum atomic E-state index is -0.134. The zero-order chi connectivity index (χ0) is 16.1. The second kappa shape index (κ2) is 7.82. The first-order valence-corrected chi connectivity index (χ1v) is 8.52. The van der Waals surface area contributed by atoms with Gasteiger partial charge in [0.25, 0.3) is 0 Å². The maximum Gasteiger partial charge on any atom is 0.133 e. The maximum absolute atomic E-state index is 9.60. The van der Waals surface area contributed by atoms with Gasteiger partial charge in [-0.2, -0.15) is 0 Å². The molecule has 0 radical (unpaired) electrons. The van der Waals surface area contributed by atoms with Gasteiger partial charge < -0.3 is 15.2 Å². The molecule has 4 heteroatoms. The standard InChI is InChI=1S/C19H22ClNO2/c20-18-7-4-8-19(23-16-5-2-1-3-6-16)17(18)13-21-14-9-11-15(22)12-10-14/h1-8,14-15,21-22H,9-13H2. The molecule has 0 aromatic heterocycles. The molecule has 0 saturated heterocycles. The van der Waals surface area contributed by atoms with Crippen LogP contribution in [0.4, 0.5) is 0 Å². The van der Waals surface area contributed by atoms with E-state index >= 15 is 0 Å². The normalized spacial score (nSPS) is 21.1. The largest absolute Gasteiger partial charge is 0.457 e. The first-order valence-electron chi connectivity index (χ1n) is 8.14. The van der Waals surface area contributed by atoms with Crippen molar-refractivity contribution in [2.24, 2.45) is 0 Å². The van der Waals surface area contributed by atoms with Crippen LogP contribution < -0.4 is 10.1 Å². The van der Waals surface area contributed by atoms with Gasteiger partial charge in [-0.1, -0.05) is 35.9 Å². The van der Waals surface area contributed by atoms with Crippen molar-refractivity contribution in [2.75, 3.05) is 0 Å². The number of aliphatic hydroxyl groups excluding tert-OH is 1. The van der Waals surface area contributed by atoms with E-state index < -0.39 is 0 Å². The van der Waals surface area contributed by atoms with Crippen LogP contribution in [-0.2, 0) is 6.54 Å². The third-order valence-electron chi connectivity index (χ3n) is 4.31. The average molecular weight is 332 g/mol. The van der Waals surface area contributed by atoms with E-state index in [1.807, 2.05) is 48.5 Å². The van der Waals surface area contributed by atoms with Gasteiger partial charge in [0, 0.05) is 23.2 Å². The Morgan fingerprint density at radius 2 is 1.74 bits per heavy atom. The summed E-state index contributed by atoms with van der Waals surface area (Å²) in [6.07, 6.45) is 3.60. The molecule has 2 aromatic rings. The number of halogens is 1. The summed E-state index contributed by atoms with van der Waals surface area (Å²) in [5.41, 5.74) is 0.976. The van der Waals surface area contributed by atoms with Crippen LogP contribution in [-0.4, -0.2) is 17.3 Å². The van der Waals surface area contributed by atoms with Crippen molar-refractivity contribution in [1.82, 2.24) is 5.32 Å². The highest BCUT2D eigenvalue weighted by atomic mass is 35.5. The number of para-hydroxylation sites is 1. The number of hydrogen-bond acceptors (Lipinski definition) is 3. The van der Waals surface area contributed by atoms with Crippen molar-refractivity contribution < 1.29 is 9.84 Å². The van der Waals surface area contributed by atoms with Crippen molar-refractivity contribution >= 4 is 11.6 Å². The monoisotopic (exact) mass is 331 g/mol. The topological polar surface area (TPSA) is 41.5 Å². The minimum absolute atomic E-state index is 0.134. The summed E-state index contributed by atoms with van der Waals surface area (Å²) < 4.78 is 5.98. The van der Waals surface area contributed by atoms with Gasteiger partial charge in [-0.05, 0) is 49.9 Å². The lowest BCUT2D eigenvalue weighted by Crippen LogP contribution is -2.34. The van der Waals surface area contributed by atoms with Gasteiger partial charge in [0.15, 0.2) is 0 Å². The molecule has 2 aromatic carbocycles. The highest BCUT2D eigenvalue weighted by Crippen LogP contribution is 2.31. The molecule has 0 unspecified atom stereocenters. The first-order chi connectivity index (χ1) is 11.2. The zero-order valence-electron chi connectivity index (χ0n) is 13.0. The molecule has 0 aliphatic heterocycles. The molecule has 1 aliphatic carbocycles. The predicted octanol–water partition coefficient (Wildman–Crippen LogP) is 4.53. The molecule has 0 spiro atoms. The fourth-order valence-corrected chi connectivity index (χ4v) is 3.18. The molecule has 23 heavy (non-hydrogen) atoms. The van der Waals surface area contributed by atoms with Crippen LogP contribution in [0.5, 0.6) is 11.5 Å². The van der Waals surface area contributed by atoms with Crippen molar-refractivity contribution in [3.8, 4) is 11.5 Å². The summed E-state index contributed by atoms with van der Waals surface area (Å²) in [5, 5.41) is 13.9. The van der Waals surface area contributed by atoms with Crippen molar-refractivity contribution in [3.05, 3.63) is 59.1 Å². The number of benzene rings is 2. The van der Waals surface area contributed by atoms with Crippen LogP contribution in [0.3, 0.4) is 0 Å². The Labute approximate surface area is 142 Å². The van der Waals surface area contributed by atoms with E-state index in [1.54, 1.807) is 0 Å². The summed E-state index contributed by atoms with van der Waals surface area (Å²) in [6.45, 7) is 0.669. The van der Waals surface area contributed by atoms with Crippen LogP contribution >= 0.6 is 11.6 Å². The first kappa shape index (κ1) is 16.3. The smallest absolute Gasteiger partial charge is 0.133 e. The third-order valence-corrected chi connectivity index (χ3v) is 4.67. The lowest BCUT2D eigenvalue weighted by atomic mass is 9.93. The van der Waals surface area contributed by atoms with Crippen LogP contribution in [0.15, 0.2) is 48.5 Å². The fourth-order valence-electron chi connectivity index (χ4n) is 2.95. The van der Waals surface area contributed by atoms with Crippen molar-refractivity contribution in [3.63, 3.8) is 0 Å². The minimum Gasteiger partial charge on any atom is -0.457 e. The van der Waals surface area contributed by atoms with Crippen LogP contribution in [0.2, 0.25) is 5.02 Å². The number of ether oxygens (including phenoxy) is 1. The fraction of sp³-hybridized carbons (Fsp3) is 0.368. The Bertz CT molecular complexity index is 625. The summed E-state index contributed by atoms with van der Waals surface area (Å²) in [5.74, 6) is 1.59. The van der Waals surface area contributed by atoms with E-state index in [1.165, 1.54) is 0 Å². The van der Waals surface area contributed by atoms with E-state index in [2.05, 4.69) is 5.32 Å². The van der Waals surface area contributed by atoms with Gasteiger partial charge in [0.2, 0.25) is 0 Å². The summed E-state index contributed by atoms with van der Waals surface area (Å²) in [6, 6.07) is 15.9. The Morgan fingerprint density at radius 3 is 2.48 bits per heavy atom. The molecule has 0 heterocycles. The van der Waals surface area contributed by atoms with Crippen LogP contribution in [0.25, 0.3) is 0 Å². The SMILES string of the molecule is OC1CCC(NCc2c(Cl)cccc2Oc2ccccc2)CC1. The summed E-state index contributed by atoms with van der Waals surface area (Å²) in [7, 11) is 0. The number of rotatable bonds is 5. The van der Waals surface area contributed by atoms with E-state index in [9.17, 15) is 5.11 Å². The number of aliphatic hydroxyl groups is 1. The predicted molar refractivity (Wildman–Crippen MR) is 93.1 cm³/mol. The Kier molecular flexibility index (Phi) is 5.55. The molecule has 0 amide bonds. The summed E-state index contributed by atoms with van der Waals surface area (Å²) in [4.78, 5) is 0. The Balaban J connectivity index is 1.68. The van der Waals surface area contributed by atoms with Gasteiger partial charge in [-0.25, -0.2) is 0 Å². The molecule has 0 atom stereocenters. The van der Waals surface area contributed by atoms with Gasteiger partial charge in [-0.3, -0.25) is 0 Å². The Morgan fingerprint density at radius 1 is 1.00 bits per heavy atom. The average Bonchev–Trinajstić information content (AvgIpc) is 2.57. The second-order valence-electron chi connectivity index (χ2n) is 6.02. The summed E-state index contributed by atoms with van der Waals surface area (Å²) >= 11 is 6.38. The molecule has 1 aliphatic rings. The van der Waals surface area contributed by atoms with Gasteiger partial charge in [0.05, 0.1) is 6.10 Å². The van der Waals surface area contributed by atoms with E-state index in [0.717, 1.165) is 42.7 Å². The third kappa shape index (κ3) is 4.47. The molecule has 1 saturated carbocycles. The number of nitrogens with one attached hydrogen (secondary N) is 1. The second-order valence-corrected chi connectivity index (χ2v) is 6.43. The van der Waals surface area contributed by atoms with Gasteiger partial charge >= 0.3 is 0 Å². The molecule has 0 bridgehead atoms. The number of hydrogen-bond donors (Lipinski definition) is 2. The maximum atomic E-state index is 9.60. The molecule has 2 N–H and O–H groups in total. The van der Waals surface area contributed by atoms with E-state index in [-0.39, 0.29) is 6.10 Å². The molecular weight excluding hydrogens is 310 g/mol. The van der Waals surface area contributed by atoms with Crippen molar-refractivity contribution in [1.29, 1.82) is 0 Å². The lowest BCUT2D eigenvalue weighted by Gasteiger charge is -2.26. The van der Waals surface area contributed by atoms with E-state index in [0.29, 0.717) is 17.6 Å². The van der Waals surface area contributed by atoms with Crippen LogP contribution in [0.1, 0.15) is 31.2 Å². The molecule has 3 rings (SSSR count). The highest BCUT2D eigenvalue weighted by Gasteiger charge is 2.19. The molecule has 1 fully saturated rings. The zero-order valence-corrected chi connectivity index (χ0v) is 13.8. The quantitative estimate of drug-likeness (QED) is 0.846. The van der Waals surface area contributed by atoms with Gasteiger partial charge in [-0.15, -0.1) is 0 Å². The Hall–Kier alpha value is -1.55. The van der Waals surface area contributed by atoms with Crippen molar-refractivity contribution in [2.45, 2.75) is 44.4 Å². The van der Waals surface area contributed by atoms with Gasteiger partial charge in [0.1, 0.15) is 11.5 Å². The molecular formula is C19H22ClNO2. The van der Waals surface area contributed by atoms with Crippen LogP contribution in [0, 0.1) is 0 Å². The molecule has 3 nitrogen and oxygen atoms in total.